The smallest absolute Gasteiger partial charge is 0.253 e. The lowest BCUT2D eigenvalue weighted by Crippen LogP contribution is -2.49. The molecule has 1 amide bonds. The summed E-state index contributed by atoms with van der Waals surface area (Å²) in [6.07, 6.45) is 0. The van der Waals surface area contributed by atoms with E-state index in [0.717, 1.165) is 35.8 Å². The van der Waals surface area contributed by atoms with Crippen molar-refractivity contribution in [2.45, 2.75) is 6.92 Å². The summed E-state index contributed by atoms with van der Waals surface area (Å²) < 4.78 is 5.68. The number of carbonyl (C=O) groups is 1. The van der Waals surface area contributed by atoms with Gasteiger partial charge in [0.25, 0.3) is 5.91 Å². The molecule has 1 fully saturated rings. The average molecular weight is 374 g/mol. The van der Waals surface area contributed by atoms with Crippen molar-refractivity contribution in [3.05, 3.63) is 77.9 Å². The first-order valence-electron chi connectivity index (χ1n) is 9.36. The summed E-state index contributed by atoms with van der Waals surface area (Å²) in [7, 11) is 0. The van der Waals surface area contributed by atoms with Crippen molar-refractivity contribution in [3.8, 4) is 11.6 Å². The van der Waals surface area contributed by atoms with E-state index in [1.165, 1.54) is 0 Å². The van der Waals surface area contributed by atoms with Crippen molar-refractivity contribution in [1.82, 2.24) is 15.1 Å². The van der Waals surface area contributed by atoms with Crippen molar-refractivity contribution < 1.29 is 9.53 Å². The van der Waals surface area contributed by atoms with E-state index in [-0.39, 0.29) is 5.91 Å². The Morgan fingerprint density at radius 1 is 0.857 bits per heavy atom. The molecule has 1 aliphatic rings. The zero-order valence-electron chi connectivity index (χ0n) is 15.8. The maximum absolute atomic E-state index is 12.6. The summed E-state index contributed by atoms with van der Waals surface area (Å²) in [6, 6.07) is 21.0. The Balaban J connectivity index is 1.34. The summed E-state index contributed by atoms with van der Waals surface area (Å²) in [5, 5.41) is 8.45. The Labute approximate surface area is 164 Å². The first-order chi connectivity index (χ1) is 13.7. The lowest BCUT2D eigenvalue weighted by atomic mass is 10.1. The van der Waals surface area contributed by atoms with Gasteiger partial charge >= 0.3 is 0 Å². The minimum absolute atomic E-state index is 0.0809. The summed E-state index contributed by atoms with van der Waals surface area (Å²) >= 11 is 0. The number of hydrogen-bond acceptors (Lipinski definition) is 5. The number of hydrogen-bond donors (Lipinski definition) is 0. The third-order valence-electron chi connectivity index (χ3n) is 4.78. The minimum atomic E-state index is 0.0809. The van der Waals surface area contributed by atoms with E-state index < -0.39 is 0 Å². The SMILES string of the molecule is Cc1ccc(C(=O)N2CCN(c3ccc(Oc4ccccc4)nn3)CC2)cc1. The number of aromatic nitrogens is 2. The van der Waals surface area contributed by atoms with Crippen LogP contribution < -0.4 is 9.64 Å². The zero-order valence-corrected chi connectivity index (χ0v) is 15.8. The Morgan fingerprint density at radius 2 is 1.57 bits per heavy atom. The summed E-state index contributed by atoms with van der Waals surface area (Å²) in [4.78, 5) is 16.7. The predicted octanol–water partition coefficient (Wildman–Crippen LogP) is 3.54. The molecule has 142 valence electrons. The standard InChI is InChI=1S/C22H22N4O2/c1-17-7-9-18(10-8-17)22(27)26-15-13-25(14-16-26)20-11-12-21(24-23-20)28-19-5-3-2-4-6-19/h2-12H,13-16H2,1H3. The molecule has 0 unspecified atom stereocenters. The van der Waals surface area contributed by atoms with Gasteiger partial charge in [0.2, 0.25) is 5.88 Å². The summed E-state index contributed by atoms with van der Waals surface area (Å²) in [5.74, 6) is 2.07. The lowest BCUT2D eigenvalue weighted by molar-refractivity contribution is 0.0746. The molecule has 4 rings (SSSR count). The molecule has 6 nitrogen and oxygen atoms in total. The van der Waals surface area contributed by atoms with Crippen LogP contribution in [0.1, 0.15) is 15.9 Å². The van der Waals surface area contributed by atoms with Gasteiger partial charge in [0.1, 0.15) is 5.75 Å². The van der Waals surface area contributed by atoms with Crippen molar-refractivity contribution in [3.63, 3.8) is 0 Å². The van der Waals surface area contributed by atoms with Crippen LogP contribution in [0.4, 0.5) is 5.82 Å². The molecule has 1 aromatic heterocycles. The summed E-state index contributed by atoms with van der Waals surface area (Å²) in [6.45, 7) is 4.80. The first kappa shape index (κ1) is 18.0. The third kappa shape index (κ3) is 4.11. The molecule has 3 aromatic rings. The molecule has 28 heavy (non-hydrogen) atoms. The van der Waals surface area contributed by atoms with Gasteiger partial charge in [-0.1, -0.05) is 35.9 Å². The quantitative estimate of drug-likeness (QED) is 0.699. The van der Waals surface area contributed by atoms with Crippen LogP contribution >= 0.6 is 0 Å². The lowest BCUT2D eigenvalue weighted by Gasteiger charge is -2.35. The molecule has 0 aliphatic carbocycles. The molecule has 6 heteroatoms. The second-order valence-corrected chi connectivity index (χ2v) is 6.79. The van der Waals surface area contributed by atoms with E-state index >= 15 is 0 Å². The maximum atomic E-state index is 12.6. The molecule has 1 saturated heterocycles. The molecular formula is C22H22N4O2. The van der Waals surface area contributed by atoms with Crippen LogP contribution in [0.2, 0.25) is 0 Å². The van der Waals surface area contributed by atoms with Gasteiger partial charge in [-0.15, -0.1) is 10.2 Å². The van der Waals surface area contributed by atoms with Crippen LogP contribution in [-0.4, -0.2) is 47.2 Å². The van der Waals surface area contributed by atoms with Crippen LogP contribution in [0, 0.1) is 6.92 Å². The number of anilines is 1. The number of rotatable bonds is 4. The van der Waals surface area contributed by atoms with Crippen molar-refractivity contribution >= 4 is 11.7 Å². The van der Waals surface area contributed by atoms with E-state index in [2.05, 4.69) is 15.1 Å². The number of amides is 1. The van der Waals surface area contributed by atoms with Gasteiger partial charge in [-0.05, 0) is 37.3 Å². The van der Waals surface area contributed by atoms with Crippen molar-refractivity contribution in [2.75, 3.05) is 31.1 Å². The topological polar surface area (TPSA) is 58.6 Å². The van der Waals surface area contributed by atoms with E-state index in [4.69, 9.17) is 4.74 Å². The number of para-hydroxylation sites is 1. The molecular weight excluding hydrogens is 352 g/mol. The molecule has 0 radical (unpaired) electrons. The zero-order chi connectivity index (χ0) is 19.3. The highest BCUT2D eigenvalue weighted by atomic mass is 16.5. The van der Waals surface area contributed by atoms with E-state index in [9.17, 15) is 4.79 Å². The number of carbonyl (C=O) groups excluding carboxylic acids is 1. The number of aryl methyl sites for hydroxylation is 1. The number of ether oxygens (including phenoxy) is 1. The molecule has 0 N–H and O–H groups in total. The van der Waals surface area contributed by atoms with Gasteiger partial charge in [-0.2, -0.15) is 0 Å². The average Bonchev–Trinajstić information content (AvgIpc) is 2.75. The first-order valence-corrected chi connectivity index (χ1v) is 9.36. The van der Waals surface area contributed by atoms with Crippen LogP contribution in [0.15, 0.2) is 66.7 Å². The fourth-order valence-electron chi connectivity index (χ4n) is 3.16. The molecule has 1 aliphatic heterocycles. The van der Waals surface area contributed by atoms with Gasteiger partial charge < -0.3 is 14.5 Å². The molecule has 2 aromatic carbocycles. The number of piperazine rings is 1. The normalized spacial score (nSPS) is 14.0. The molecule has 0 bridgehead atoms. The Hall–Kier alpha value is -3.41. The van der Waals surface area contributed by atoms with Gasteiger partial charge in [0.15, 0.2) is 5.82 Å². The van der Waals surface area contributed by atoms with Crippen molar-refractivity contribution in [2.24, 2.45) is 0 Å². The minimum Gasteiger partial charge on any atom is -0.438 e. The van der Waals surface area contributed by atoms with Gasteiger partial charge in [-0.25, -0.2) is 0 Å². The van der Waals surface area contributed by atoms with Gasteiger partial charge in [-0.3, -0.25) is 4.79 Å². The van der Waals surface area contributed by atoms with E-state index in [1.807, 2.05) is 78.6 Å². The molecule has 0 saturated carbocycles. The maximum Gasteiger partial charge on any atom is 0.253 e. The Kier molecular flexibility index (Phi) is 5.19. The number of nitrogens with zero attached hydrogens (tertiary/aromatic N) is 4. The third-order valence-corrected chi connectivity index (χ3v) is 4.78. The van der Waals surface area contributed by atoms with Gasteiger partial charge in [0, 0.05) is 37.8 Å². The van der Waals surface area contributed by atoms with Gasteiger partial charge in [0.05, 0.1) is 0 Å². The summed E-state index contributed by atoms with van der Waals surface area (Å²) in [5.41, 5.74) is 1.89. The Morgan fingerprint density at radius 3 is 2.21 bits per heavy atom. The molecule has 0 spiro atoms. The molecule has 0 atom stereocenters. The predicted molar refractivity (Wildman–Crippen MR) is 108 cm³/mol. The largest absolute Gasteiger partial charge is 0.438 e. The molecule has 2 heterocycles. The fraction of sp³-hybridized carbons (Fsp3) is 0.227. The number of benzene rings is 2. The second-order valence-electron chi connectivity index (χ2n) is 6.79. The monoisotopic (exact) mass is 374 g/mol. The van der Waals surface area contributed by atoms with Crippen LogP contribution in [-0.2, 0) is 0 Å². The highest BCUT2D eigenvalue weighted by Gasteiger charge is 2.23. The fourth-order valence-corrected chi connectivity index (χ4v) is 3.16. The second kappa shape index (κ2) is 8.08. The van der Waals surface area contributed by atoms with Crippen LogP contribution in [0.5, 0.6) is 11.6 Å². The van der Waals surface area contributed by atoms with E-state index in [0.29, 0.717) is 19.0 Å². The Bertz CT molecular complexity index is 919. The van der Waals surface area contributed by atoms with Crippen molar-refractivity contribution in [1.29, 1.82) is 0 Å². The van der Waals surface area contributed by atoms with E-state index in [1.54, 1.807) is 0 Å². The van der Waals surface area contributed by atoms with Crippen LogP contribution in [0.3, 0.4) is 0 Å². The highest BCUT2D eigenvalue weighted by Crippen LogP contribution is 2.21. The van der Waals surface area contributed by atoms with Crippen LogP contribution in [0.25, 0.3) is 0 Å². The highest BCUT2D eigenvalue weighted by molar-refractivity contribution is 5.94.